The fraction of sp³-hybridized carbons (Fsp3) is 0.611. The summed E-state index contributed by atoms with van der Waals surface area (Å²) in [6.45, 7) is 11.1. The Morgan fingerprint density at radius 2 is 1.83 bits per heavy atom. The molecule has 0 radical (unpaired) electrons. The molecule has 0 aliphatic rings. The first-order chi connectivity index (χ1) is 11.1. The van der Waals surface area contributed by atoms with Crippen LogP contribution < -0.4 is 20.5 Å². The van der Waals surface area contributed by atoms with Crippen LogP contribution in [0.15, 0.2) is 23.2 Å². The number of nitrogens with zero attached hydrogens (tertiary/aromatic N) is 1. The Bertz CT molecular complexity index is 493. The highest BCUT2D eigenvalue weighted by atomic mass is 127. The van der Waals surface area contributed by atoms with Crippen LogP contribution in [0.1, 0.15) is 39.7 Å². The summed E-state index contributed by atoms with van der Waals surface area (Å²) in [6, 6.07) is 6.05. The van der Waals surface area contributed by atoms with Crippen molar-refractivity contribution in [2.45, 2.75) is 40.5 Å². The van der Waals surface area contributed by atoms with Crippen molar-refractivity contribution >= 4 is 29.9 Å². The summed E-state index contributed by atoms with van der Waals surface area (Å²) >= 11 is 0. The van der Waals surface area contributed by atoms with Gasteiger partial charge in [0.15, 0.2) is 17.5 Å². The molecular formula is C18H32IN3O2. The van der Waals surface area contributed by atoms with E-state index in [1.54, 1.807) is 0 Å². The van der Waals surface area contributed by atoms with E-state index in [1.807, 2.05) is 26.0 Å². The molecule has 0 bridgehead atoms. The zero-order chi connectivity index (χ0) is 17.1. The van der Waals surface area contributed by atoms with Crippen LogP contribution in [0, 0.1) is 5.92 Å². The van der Waals surface area contributed by atoms with Gasteiger partial charge in [-0.15, -0.1) is 24.0 Å². The average molecular weight is 449 g/mol. The zero-order valence-electron chi connectivity index (χ0n) is 15.3. The molecule has 5 nitrogen and oxygen atoms in total. The van der Waals surface area contributed by atoms with Crippen molar-refractivity contribution in [2.24, 2.45) is 16.6 Å². The number of nitrogens with two attached hydrogens (primary N) is 1. The van der Waals surface area contributed by atoms with Crippen LogP contribution in [-0.4, -0.2) is 32.3 Å². The molecule has 138 valence electrons. The zero-order valence-corrected chi connectivity index (χ0v) is 17.6. The van der Waals surface area contributed by atoms with Gasteiger partial charge in [0.05, 0.1) is 13.2 Å². The van der Waals surface area contributed by atoms with Crippen LogP contribution in [0.25, 0.3) is 0 Å². The number of rotatable bonds is 10. The van der Waals surface area contributed by atoms with E-state index in [4.69, 9.17) is 15.2 Å². The number of hydrogen-bond acceptors (Lipinski definition) is 3. The molecule has 0 heterocycles. The molecular weight excluding hydrogens is 417 g/mol. The number of aliphatic imine (C=N–C) groups is 1. The Labute approximate surface area is 163 Å². The van der Waals surface area contributed by atoms with Crippen molar-refractivity contribution in [2.75, 3.05) is 26.3 Å². The van der Waals surface area contributed by atoms with E-state index in [1.165, 1.54) is 5.56 Å². The molecule has 1 rings (SSSR count). The Kier molecular flexibility index (Phi) is 12.5. The van der Waals surface area contributed by atoms with Gasteiger partial charge in [-0.3, -0.25) is 4.99 Å². The lowest BCUT2D eigenvalue weighted by Crippen LogP contribution is -2.33. The lowest BCUT2D eigenvalue weighted by molar-refractivity contribution is 0.287. The summed E-state index contributed by atoms with van der Waals surface area (Å²) < 4.78 is 11.2. The highest BCUT2D eigenvalue weighted by Gasteiger charge is 2.06. The minimum absolute atomic E-state index is 0. The van der Waals surface area contributed by atoms with Crippen molar-refractivity contribution in [1.29, 1.82) is 0 Å². The Balaban J connectivity index is 0.00000529. The normalized spacial score (nSPS) is 11.1. The van der Waals surface area contributed by atoms with Crippen molar-refractivity contribution in [3.05, 3.63) is 23.8 Å². The Morgan fingerprint density at radius 1 is 1.17 bits per heavy atom. The lowest BCUT2D eigenvalue weighted by Gasteiger charge is -2.13. The molecule has 0 saturated carbocycles. The maximum absolute atomic E-state index is 5.86. The summed E-state index contributed by atoms with van der Waals surface area (Å²) in [4.78, 5) is 4.32. The van der Waals surface area contributed by atoms with Gasteiger partial charge >= 0.3 is 0 Å². The second-order valence-corrected chi connectivity index (χ2v) is 5.77. The molecule has 3 N–H and O–H groups in total. The van der Waals surface area contributed by atoms with E-state index in [9.17, 15) is 0 Å². The third kappa shape index (κ3) is 9.20. The Hall–Kier alpha value is -1.18. The van der Waals surface area contributed by atoms with Gasteiger partial charge in [0, 0.05) is 13.1 Å². The predicted octanol–water partition coefficient (Wildman–Crippen LogP) is 3.59. The number of ether oxygens (including phenoxy) is 2. The number of hydrogen-bond donors (Lipinski definition) is 2. The smallest absolute Gasteiger partial charge is 0.188 e. The summed E-state index contributed by atoms with van der Waals surface area (Å²) in [6.07, 6.45) is 1.91. The van der Waals surface area contributed by atoms with Crippen LogP contribution in [0.5, 0.6) is 11.5 Å². The summed E-state index contributed by atoms with van der Waals surface area (Å²) in [5.41, 5.74) is 7.04. The third-order valence-corrected chi connectivity index (χ3v) is 3.32. The maximum atomic E-state index is 5.86. The fourth-order valence-electron chi connectivity index (χ4n) is 2.09. The van der Waals surface area contributed by atoms with E-state index in [-0.39, 0.29) is 24.0 Å². The molecule has 24 heavy (non-hydrogen) atoms. The maximum Gasteiger partial charge on any atom is 0.188 e. The standard InChI is InChI=1S/C18H31N3O2.HI/c1-5-22-16-8-7-15(13-17(16)23-6-2)10-12-21-18(19)20-11-9-14(3)4;/h7-8,13-14H,5-6,9-12H2,1-4H3,(H3,19,20,21);1H. The second kappa shape index (κ2) is 13.1. The van der Waals surface area contributed by atoms with Crippen LogP contribution >= 0.6 is 24.0 Å². The Morgan fingerprint density at radius 3 is 2.46 bits per heavy atom. The first-order valence-corrected chi connectivity index (χ1v) is 8.49. The highest BCUT2D eigenvalue weighted by molar-refractivity contribution is 14.0. The van der Waals surface area contributed by atoms with Gasteiger partial charge in [-0.2, -0.15) is 0 Å². The minimum atomic E-state index is 0. The van der Waals surface area contributed by atoms with Crippen LogP contribution in [0.3, 0.4) is 0 Å². The molecule has 0 unspecified atom stereocenters. The number of guanidine groups is 1. The third-order valence-electron chi connectivity index (χ3n) is 3.32. The average Bonchev–Trinajstić information content (AvgIpc) is 2.50. The van der Waals surface area contributed by atoms with E-state index >= 15 is 0 Å². The largest absolute Gasteiger partial charge is 0.490 e. The van der Waals surface area contributed by atoms with Crippen LogP contribution in [-0.2, 0) is 6.42 Å². The number of halogens is 1. The quantitative estimate of drug-likeness (QED) is 0.326. The number of nitrogens with one attached hydrogen (secondary N) is 1. The molecule has 0 saturated heterocycles. The molecule has 0 aromatic heterocycles. The molecule has 0 atom stereocenters. The summed E-state index contributed by atoms with van der Waals surface area (Å²) in [5.74, 6) is 2.75. The summed E-state index contributed by atoms with van der Waals surface area (Å²) in [5, 5.41) is 3.15. The molecule has 0 fully saturated rings. The van der Waals surface area contributed by atoms with Gasteiger partial charge in [0.25, 0.3) is 0 Å². The topological polar surface area (TPSA) is 68.9 Å². The lowest BCUT2D eigenvalue weighted by atomic mass is 10.1. The predicted molar refractivity (Wildman–Crippen MR) is 112 cm³/mol. The van der Waals surface area contributed by atoms with Gasteiger partial charge < -0.3 is 20.5 Å². The highest BCUT2D eigenvalue weighted by Crippen LogP contribution is 2.28. The van der Waals surface area contributed by atoms with Crippen molar-refractivity contribution < 1.29 is 9.47 Å². The minimum Gasteiger partial charge on any atom is -0.490 e. The van der Waals surface area contributed by atoms with Crippen molar-refractivity contribution in [3.8, 4) is 11.5 Å². The van der Waals surface area contributed by atoms with Gasteiger partial charge in [-0.25, -0.2) is 0 Å². The van der Waals surface area contributed by atoms with Gasteiger partial charge in [0.2, 0.25) is 0 Å². The molecule has 0 aliphatic heterocycles. The van der Waals surface area contributed by atoms with Crippen LogP contribution in [0.2, 0.25) is 0 Å². The van der Waals surface area contributed by atoms with Crippen molar-refractivity contribution in [3.63, 3.8) is 0 Å². The first-order valence-electron chi connectivity index (χ1n) is 8.49. The first kappa shape index (κ1) is 22.8. The van der Waals surface area contributed by atoms with Gasteiger partial charge in [-0.05, 0) is 50.3 Å². The second-order valence-electron chi connectivity index (χ2n) is 5.77. The van der Waals surface area contributed by atoms with E-state index in [0.717, 1.165) is 37.4 Å². The molecule has 0 aliphatic carbocycles. The van der Waals surface area contributed by atoms with Gasteiger partial charge in [0.1, 0.15) is 0 Å². The monoisotopic (exact) mass is 449 g/mol. The molecule has 0 spiro atoms. The molecule has 0 amide bonds. The fourth-order valence-corrected chi connectivity index (χ4v) is 2.09. The number of benzene rings is 1. The van der Waals surface area contributed by atoms with Gasteiger partial charge in [-0.1, -0.05) is 19.9 Å². The molecule has 1 aromatic carbocycles. The SMILES string of the molecule is CCOc1ccc(CCNC(N)=NCCC(C)C)cc1OCC.I. The molecule has 6 heteroatoms. The van der Waals surface area contributed by atoms with Crippen LogP contribution in [0.4, 0.5) is 0 Å². The van der Waals surface area contributed by atoms with E-state index in [0.29, 0.717) is 25.1 Å². The van der Waals surface area contributed by atoms with E-state index in [2.05, 4.69) is 30.2 Å². The molecule has 1 aromatic rings. The summed E-state index contributed by atoms with van der Waals surface area (Å²) in [7, 11) is 0. The van der Waals surface area contributed by atoms with Crippen molar-refractivity contribution in [1.82, 2.24) is 5.32 Å². The van der Waals surface area contributed by atoms with E-state index < -0.39 is 0 Å².